The van der Waals surface area contributed by atoms with Crippen molar-refractivity contribution in [1.29, 1.82) is 0 Å². The number of rotatable bonds is 6. The number of nitrogens with two attached hydrogens (primary N) is 1. The number of nitrogens with one attached hydrogen (secondary N) is 2. The summed E-state index contributed by atoms with van der Waals surface area (Å²) >= 11 is 0. The number of aryl methyl sites for hydroxylation is 1. The summed E-state index contributed by atoms with van der Waals surface area (Å²) in [5.74, 6) is -0.595. The van der Waals surface area contributed by atoms with Crippen molar-refractivity contribution in [2.24, 2.45) is 5.73 Å². The molecule has 0 fully saturated rings. The molecule has 0 saturated heterocycles. The second kappa shape index (κ2) is 5.90. The van der Waals surface area contributed by atoms with Crippen molar-refractivity contribution >= 4 is 12.0 Å². The highest BCUT2D eigenvalue weighted by Gasteiger charge is 2.12. The van der Waals surface area contributed by atoms with Crippen molar-refractivity contribution < 1.29 is 19.1 Å². The molecule has 0 radical (unpaired) electrons. The first kappa shape index (κ1) is 13.0. The quantitative estimate of drug-likeness (QED) is 0.525. The number of amides is 2. The minimum atomic E-state index is -1.09. The molecule has 17 heavy (non-hydrogen) atoms. The first-order valence-corrected chi connectivity index (χ1v) is 5.07. The molecule has 94 valence electrons. The molecule has 0 aliphatic heterocycles. The lowest BCUT2D eigenvalue weighted by Gasteiger charge is -2.03. The highest BCUT2D eigenvalue weighted by Crippen LogP contribution is 2.14. The van der Waals surface area contributed by atoms with Gasteiger partial charge < -0.3 is 25.9 Å². The number of hydrogen-bond acceptors (Lipinski definition) is 4. The number of carboxylic acids is 1. The standard InChI is InChI=1S/C10H15N3O4/c1-6-7(4-8(17-6)9(14)15)5-12-2-3-13-10(11)16/h4,12H,2-3,5H2,1H3,(H,14,15)(H3,11,13,16). The number of urea groups is 1. The van der Waals surface area contributed by atoms with Crippen LogP contribution in [0.5, 0.6) is 0 Å². The summed E-state index contributed by atoms with van der Waals surface area (Å²) in [5.41, 5.74) is 5.67. The van der Waals surface area contributed by atoms with Gasteiger partial charge in [-0.15, -0.1) is 0 Å². The molecule has 2 amide bonds. The van der Waals surface area contributed by atoms with Gasteiger partial charge in [0, 0.05) is 25.2 Å². The zero-order chi connectivity index (χ0) is 12.8. The van der Waals surface area contributed by atoms with E-state index in [4.69, 9.17) is 15.3 Å². The Balaban J connectivity index is 2.36. The molecule has 0 spiro atoms. The molecule has 1 heterocycles. The molecular weight excluding hydrogens is 226 g/mol. The van der Waals surface area contributed by atoms with Gasteiger partial charge in [-0.25, -0.2) is 9.59 Å². The summed E-state index contributed by atoms with van der Waals surface area (Å²) in [6, 6.07) is 0.908. The van der Waals surface area contributed by atoms with Crippen LogP contribution in [0.25, 0.3) is 0 Å². The Morgan fingerprint density at radius 2 is 2.18 bits per heavy atom. The Morgan fingerprint density at radius 3 is 2.71 bits per heavy atom. The van der Waals surface area contributed by atoms with E-state index in [2.05, 4.69) is 10.6 Å². The first-order valence-electron chi connectivity index (χ1n) is 5.07. The molecule has 0 aliphatic carbocycles. The molecule has 1 rings (SSSR count). The molecule has 0 atom stereocenters. The third-order valence-corrected chi connectivity index (χ3v) is 2.15. The van der Waals surface area contributed by atoms with Gasteiger partial charge in [-0.2, -0.15) is 0 Å². The van der Waals surface area contributed by atoms with Crippen molar-refractivity contribution in [2.75, 3.05) is 13.1 Å². The fraction of sp³-hybridized carbons (Fsp3) is 0.400. The predicted octanol–water partition coefficient (Wildman–Crippen LogP) is 0.0441. The van der Waals surface area contributed by atoms with E-state index in [9.17, 15) is 9.59 Å². The Hall–Kier alpha value is -2.02. The van der Waals surface area contributed by atoms with Crippen LogP contribution in [0.15, 0.2) is 10.5 Å². The summed E-state index contributed by atoms with van der Waals surface area (Å²) in [6.45, 7) is 3.13. The highest BCUT2D eigenvalue weighted by molar-refractivity contribution is 5.84. The summed E-state index contributed by atoms with van der Waals surface area (Å²) in [4.78, 5) is 21.0. The Bertz CT molecular complexity index is 414. The zero-order valence-corrected chi connectivity index (χ0v) is 9.45. The lowest BCUT2D eigenvalue weighted by Crippen LogP contribution is -2.35. The van der Waals surface area contributed by atoms with Gasteiger partial charge in [-0.3, -0.25) is 0 Å². The van der Waals surface area contributed by atoms with Crippen molar-refractivity contribution in [1.82, 2.24) is 10.6 Å². The van der Waals surface area contributed by atoms with Crippen molar-refractivity contribution in [3.8, 4) is 0 Å². The minimum Gasteiger partial charge on any atom is -0.475 e. The number of carbonyl (C=O) groups is 2. The molecule has 0 aromatic carbocycles. The van der Waals surface area contributed by atoms with Crippen LogP contribution >= 0.6 is 0 Å². The summed E-state index contributed by atoms with van der Waals surface area (Å²) < 4.78 is 5.04. The SMILES string of the molecule is Cc1oc(C(=O)O)cc1CNCCNC(N)=O. The van der Waals surface area contributed by atoms with E-state index in [1.165, 1.54) is 6.07 Å². The number of aromatic carboxylic acids is 1. The van der Waals surface area contributed by atoms with E-state index >= 15 is 0 Å². The lowest BCUT2D eigenvalue weighted by atomic mass is 10.2. The van der Waals surface area contributed by atoms with Crippen LogP contribution in [-0.2, 0) is 6.54 Å². The van der Waals surface area contributed by atoms with Crippen molar-refractivity contribution in [2.45, 2.75) is 13.5 Å². The third-order valence-electron chi connectivity index (χ3n) is 2.15. The number of hydrogen-bond donors (Lipinski definition) is 4. The van der Waals surface area contributed by atoms with Gasteiger partial charge in [-0.1, -0.05) is 0 Å². The van der Waals surface area contributed by atoms with Crippen molar-refractivity contribution in [3.05, 3.63) is 23.2 Å². The van der Waals surface area contributed by atoms with Gasteiger partial charge >= 0.3 is 12.0 Å². The second-order valence-electron chi connectivity index (χ2n) is 3.47. The Morgan fingerprint density at radius 1 is 1.47 bits per heavy atom. The van der Waals surface area contributed by atoms with Gasteiger partial charge in [0.15, 0.2) is 0 Å². The number of carbonyl (C=O) groups excluding carboxylic acids is 1. The predicted molar refractivity (Wildman–Crippen MR) is 59.7 cm³/mol. The average Bonchev–Trinajstić information content (AvgIpc) is 2.59. The number of furan rings is 1. The maximum Gasteiger partial charge on any atom is 0.371 e. The molecule has 5 N–H and O–H groups in total. The van der Waals surface area contributed by atoms with Crippen LogP contribution in [-0.4, -0.2) is 30.2 Å². The van der Waals surface area contributed by atoms with Gasteiger partial charge in [-0.05, 0) is 13.0 Å². The highest BCUT2D eigenvalue weighted by atomic mass is 16.4. The van der Waals surface area contributed by atoms with E-state index in [1.807, 2.05) is 0 Å². The molecule has 1 aromatic heterocycles. The van der Waals surface area contributed by atoms with Gasteiger partial charge in [0.2, 0.25) is 5.76 Å². The topological polar surface area (TPSA) is 118 Å². The smallest absolute Gasteiger partial charge is 0.371 e. The molecule has 0 bridgehead atoms. The van der Waals surface area contributed by atoms with Gasteiger partial charge in [0.25, 0.3) is 0 Å². The summed E-state index contributed by atoms with van der Waals surface area (Å²) in [6.07, 6.45) is 0. The van der Waals surface area contributed by atoms with Crippen LogP contribution in [0.1, 0.15) is 21.9 Å². The Labute approximate surface area is 98.0 Å². The van der Waals surface area contributed by atoms with Gasteiger partial charge in [0.05, 0.1) is 0 Å². The molecule has 0 saturated carbocycles. The molecule has 7 heteroatoms. The van der Waals surface area contributed by atoms with Gasteiger partial charge in [0.1, 0.15) is 5.76 Å². The van der Waals surface area contributed by atoms with Crippen molar-refractivity contribution in [3.63, 3.8) is 0 Å². The number of carboxylic acid groups (broad SMARTS) is 1. The fourth-order valence-electron chi connectivity index (χ4n) is 1.30. The lowest BCUT2D eigenvalue weighted by molar-refractivity contribution is 0.0661. The maximum absolute atomic E-state index is 10.6. The van der Waals surface area contributed by atoms with E-state index in [-0.39, 0.29) is 5.76 Å². The third kappa shape index (κ3) is 4.15. The summed E-state index contributed by atoms with van der Waals surface area (Å²) in [5, 5.41) is 14.2. The molecular formula is C10H15N3O4. The Kier molecular flexibility index (Phi) is 4.53. The molecule has 0 unspecified atom stereocenters. The molecule has 0 aliphatic rings. The maximum atomic E-state index is 10.6. The first-order chi connectivity index (χ1) is 8.00. The van der Waals surface area contributed by atoms with Crippen LogP contribution in [0, 0.1) is 6.92 Å². The van der Waals surface area contributed by atoms with Crippen LogP contribution < -0.4 is 16.4 Å². The monoisotopic (exact) mass is 241 g/mol. The second-order valence-corrected chi connectivity index (χ2v) is 3.47. The summed E-state index contributed by atoms with van der Waals surface area (Å²) in [7, 11) is 0. The number of primary amides is 1. The van der Waals surface area contributed by atoms with Crippen LogP contribution in [0.4, 0.5) is 4.79 Å². The largest absolute Gasteiger partial charge is 0.475 e. The molecule has 1 aromatic rings. The van der Waals surface area contributed by atoms with Crippen LogP contribution in [0.3, 0.4) is 0 Å². The van der Waals surface area contributed by atoms with E-state index < -0.39 is 12.0 Å². The van der Waals surface area contributed by atoms with Crippen LogP contribution in [0.2, 0.25) is 0 Å². The van der Waals surface area contributed by atoms with E-state index in [1.54, 1.807) is 6.92 Å². The average molecular weight is 241 g/mol. The normalized spacial score (nSPS) is 10.2. The molecule has 7 nitrogen and oxygen atoms in total. The van der Waals surface area contributed by atoms with E-state index in [0.717, 1.165) is 5.56 Å². The zero-order valence-electron chi connectivity index (χ0n) is 9.45. The van der Waals surface area contributed by atoms with E-state index in [0.29, 0.717) is 25.4 Å². The fourth-order valence-corrected chi connectivity index (χ4v) is 1.30. The minimum absolute atomic E-state index is 0.0745.